The Morgan fingerprint density at radius 2 is 2.38 bits per heavy atom. The second kappa shape index (κ2) is 4.91. The van der Waals surface area contributed by atoms with E-state index in [0.29, 0.717) is 17.3 Å². The molecule has 1 rings (SSSR count). The number of halogens is 1. The summed E-state index contributed by atoms with van der Waals surface area (Å²) in [7, 11) is 0. The first kappa shape index (κ1) is 10.1. The highest BCUT2D eigenvalue weighted by Gasteiger charge is 2.08. The molecule has 0 fully saturated rings. The first-order valence-electron chi connectivity index (χ1n) is 3.69. The second-order valence-electron chi connectivity index (χ2n) is 2.31. The van der Waals surface area contributed by atoms with E-state index < -0.39 is 5.97 Å². The minimum atomic E-state index is -1.08. The lowest BCUT2D eigenvalue weighted by atomic mass is 10.4. The maximum atomic E-state index is 11.7. The normalized spacial score (nSPS) is 10.2. The quantitative estimate of drug-likeness (QED) is 0.747. The first-order chi connectivity index (χ1) is 6.24. The summed E-state index contributed by atoms with van der Waals surface area (Å²) in [5.74, 6) is 0.328. The average Bonchev–Trinajstić information content (AvgIpc) is 2.53. The van der Waals surface area contributed by atoms with Crippen LogP contribution in [0.3, 0.4) is 0 Å². The van der Waals surface area contributed by atoms with Crippen molar-refractivity contribution in [2.24, 2.45) is 0 Å². The Balaban J connectivity index is 2.44. The molecule has 0 atom stereocenters. The zero-order valence-corrected chi connectivity index (χ0v) is 7.64. The highest BCUT2D eigenvalue weighted by Crippen LogP contribution is 2.15. The Morgan fingerprint density at radius 1 is 1.62 bits per heavy atom. The molecule has 0 amide bonds. The predicted molar refractivity (Wildman–Crippen MR) is 47.8 cm³/mol. The van der Waals surface area contributed by atoms with Gasteiger partial charge in [0.05, 0.1) is 12.4 Å². The van der Waals surface area contributed by atoms with Crippen molar-refractivity contribution in [3.05, 3.63) is 23.7 Å². The van der Waals surface area contributed by atoms with E-state index in [4.69, 9.17) is 9.52 Å². The van der Waals surface area contributed by atoms with Gasteiger partial charge in [-0.05, 0) is 12.1 Å². The molecule has 13 heavy (non-hydrogen) atoms. The van der Waals surface area contributed by atoms with Gasteiger partial charge in [-0.3, -0.25) is 4.39 Å². The standard InChI is InChI=1S/C8H9FO3S/c9-3-4-13-5-6-1-2-7(12-6)8(10)11/h1-2H,3-5H2,(H,10,11). The molecule has 72 valence electrons. The molecule has 0 aromatic carbocycles. The molecule has 3 nitrogen and oxygen atoms in total. The van der Waals surface area contributed by atoms with Crippen LogP contribution in [-0.2, 0) is 5.75 Å². The van der Waals surface area contributed by atoms with Crippen LogP contribution >= 0.6 is 11.8 Å². The molecule has 0 aliphatic carbocycles. The number of carbonyl (C=O) groups is 1. The van der Waals surface area contributed by atoms with Crippen molar-refractivity contribution in [3.63, 3.8) is 0 Å². The van der Waals surface area contributed by atoms with Gasteiger partial charge in [0.1, 0.15) is 5.76 Å². The van der Waals surface area contributed by atoms with Gasteiger partial charge in [-0.1, -0.05) is 0 Å². The van der Waals surface area contributed by atoms with Gasteiger partial charge < -0.3 is 9.52 Å². The lowest BCUT2D eigenvalue weighted by molar-refractivity contribution is 0.0661. The Bertz CT molecular complexity index is 285. The molecule has 1 aromatic heterocycles. The van der Waals surface area contributed by atoms with Gasteiger partial charge in [0.25, 0.3) is 0 Å². The average molecular weight is 204 g/mol. The highest BCUT2D eigenvalue weighted by atomic mass is 32.2. The van der Waals surface area contributed by atoms with E-state index in [2.05, 4.69) is 0 Å². The Hall–Kier alpha value is -0.970. The summed E-state index contributed by atoms with van der Waals surface area (Å²) in [5.41, 5.74) is 0. The van der Waals surface area contributed by atoms with Gasteiger partial charge in [0.15, 0.2) is 0 Å². The number of alkyl halides is 1. The SMILES string of the molecule is O=C(O)c1ccc(CSCCF)o1. The Labute approximate surface area is 78.9 Å². The van der Waals surface area contributed by atoms with Gasteiger partial charge in [0.2, 0.25) is 5.76 Å². The summed E-state index contributed by atoms with van der Waals surface area (Å²) in [4.78, 5) is 10.4. The zero-order chi connectivity index (χ0) is 9.68. The second-order valence-corrected chi connectivity index (χ2v) is 3.42. The summed E-state index contributed by atoms with van der Waals surface area (Å²) >= 11 is 1.37. The topological polar surface area (TPSA) is 50.4 Å². The van der Waals surface area contributed by atoms with Crippen LogP contribution in [0.2, 0.25) is 0 Å². The number of hydrogen-bond acceptors (Lipinski definition) is 3. The summed E-state index contributed by atoms with van der Waals surface area (Å²) in [6.07, 6.45) is 0. The van der Waals surface area contributed by atoms with Crippen LogP contribution < -0.4 is 0 Å². The van der Waals surface area contributed by atoms with Gasteiger partial charge in [0, 0.05) is 5.75 Å². The smallest absolute Gasteiger partial charge is 0.371 e. The molecule has 1 aromatic rings. The molecular weight excluding hydrogens is 195 g/mol. The number of hydrogen-bond donors (Lipinski definition) is 1. The molecule has 0 saturated heterocycles. The largest absolute Gasteiger partial charge is 0.475 e. The van der Waals surface area contributed by atoms with Crippen molar-refractivity contribution >= 4 is 17.7 Å². The molecular formula is C8H9FO3S. The van der Waals surface area contributed by atoms with E-state index in [1.165, 1.54) is 17.8 Å². The van der Waals surface area contributed by atoms with Crippen molar-refractivity contribution in [2.45, 2.75) is 5.75 Å². The molecule has 0 unspecified atom stereocenters. The van der Waals surface area contributed by atoms with Gasteiger partial charge in [-0.25, -0.2) is 4.79 Å². The van der Waals surface area contributed by atoms with Crippen LogP contribution in [0.25, 0.3) is 0 Å². The van der Waals surface area contributed by atoms with Crippen LogP contribution in [-0.4, -0.2) is 23.5 Å². The third-order valence-corrected chi connectivity index (χ3v) is 2.27. The maximum absolute atomic E-state index is 11.7. The number of carboxylic acids is 1. The van der Waals surface area contributed by atoms with E-state index in [0.717, 1.165) is 0 Å². The van der Waals surface area contributed by atoms with Crippen molar-refractivity contribution in [2.75, 3.05) is 12.4 Å². The van der Waals surface area contributed by atoms with Crippen LogP contribution in [0, 0.1) is 0 Å². The van der Waals surface area contributed by atoms with Crippen LogP contribution in [0.5, 0.6) is 0 Å². The first-order valence-corrected chi connectivity index (χ1v) is 4.85. The van der Waals surface area contributed by atoms with Gasteiger partial charge in [-0.2, -0.15) is 11.8 Å². The van der Waals surface area contributed by atoms with Crippen LogP contribution in [0.4, 0.5) is 4.39 Å². The predicted octanol–water partition coefficient (Wildman–Crippen LogP) is 2.18. The molecule has 0 saturated carbocycles. The van der Waals surface area contributed by atoms with Crippen molar-refractivity contribution in [3.8, 4) is 0 Å². The Morgan fingerprint density at radius 3 is 2.92 bits per heavy atom. The molecule has 0 spiro atoms. The van der Waals surface area contributed by atoms with Gasteiger partial charge in [-0.15, -0.1) is 0 Å². The van der Waals surface area contributed by atoms with Crippen LogP contribution in [0.15, 0.2) is 16.5 Å². The summed E-state index contributed by atoms with van der Waals surface area (Å²) in [6.45, 7) is -0.378. The number of carboxylic acid groups (broad SMARTS) is 1. The Kier molecular flexibility index (Phi) is 3.82. The lowest BCUT2D eigenvalue weighted by Gasteiger charge is -1.93. The van der Waals surface area contributed by atoms with E-state index in [9.17, 15) is 9.18 Å². The van der Waals surface area contributed by atoms with Crippen molar-refractivity contribution in [1.82, 2.24) is 0 Å². The van der Waals surface area contributed by atoms with E-state index in [-0.39, 0.29) is 12.4 Å². The van der Waals surface area contributed by atoms with E-state index in [1.54, 1.807) is 6.07 Å². The molecule has 0 aliphatic heterocycles. The molecule has 5 heteroatoms. The summed E-state index contributed by atoms with van der Waals surface area (Å²) in [6, 6.07) is 2.99. The van der Waals surface area contributed by atoms with E-state index >= 15 is 0 Å². The fourth-order valence-electron chi connectivity index (χ4n) is 0.798. The molecule has 1 heterocycles. The number of aromatic carboxylic acids is 1. The number of furan rings is 1. The number of rotatable bonds is 5. The molecule has 0 radical (unpaired) electrons. The lowest BCUT2D eigenvalue weighted by Crippen LogP contribution is -1.91. The minimum absolute atomic E-state index is 0.0733. The zero-order valence-electron chi connectivity index (χ0n) is 6.83. The fourth-order valence-corrected chi connectivity index (χ4v) is 1.41. The molecule has 1 N–H and O–H groups in total. The fraction of sp³-hybridized carbons (Fsp3) is 0.375. The summed E-state index contributed by atoms with van der Waals surface area (Å²) < 4.78 is 16.6. The minimum Gasteiger partial charge on any atom is -0.475 e. The highest BCUT2D eigenvalue weighted by molar-refractivity contribution is 7.98. The summed E-state index contributed by atoms with van der Waals surface area (Å²) in [5, 5.41) is 8.51. The van der Waals surface area contributed by atoms with Crippen molar-refractivity contribution < 1.29 is 18.7 Å². The van der Waals surface area contributed by atoms with E-state index in [1.807, 2.05) is 0 Å². The number of thioether (sulfide) groups is 1. The third-order valence-electron chi connectivity index (χ3n) is 1.34. The maximum Gasteiger partial charge on any atom is 0.371 e. The third kappa shape index (κ3) is 3.10. The van der Waals surface area contributed by atoms with Crippen LogP contribution in [0.1, 0.15) is 16.3 Å². The monoisotopic (exact) mass is 204 g/mol. The molecule has 0 aliphatic rings. The van der Waals surface area contributed by atoms with Crippen molar-refractivity contribution in [1.29, 1.82) is 0 Å². The molecule has 0 bridgehead atoms. The van der Waals surface area contributed by atoms with Gasteiger partial charge >= 0.3 is 5.97 Å².